The van der Waals surface area contributed by atoms with E-state index in [0.29, 0.717) is 11.2 Å². The van der Waals surface area contributed by atoms with Gasteiger partial charge in [0.05, 0.1) is 6.10 Å². The first-order valence-corrected chi connectivity index (χ1v) is 8.82. The summed E-state index contributed by atoms with van der Waals surface area (Å²) in [5, 5.41) is 7.20. The van der Waals surface area contributed by atoms with Gasteiger partial charge in [0.2, 0.25) is 0 Å². The largest absolute Gasteiger partial charge is 0.491 e. The van der Waals surface area contributed by atoms with E-state index in [4.69, 9.17) is 17.0 Å². The van der Waals surface area contributed by atoms with Crippen LogP contribution in [0.4, 0.5) is 5.69 Å². The molecule has 128 valence electrons. The number of hydrogen-bond donors (Lipinski definition) is 2. The minimum Gasteiger partial charge on any atom is -0.491 e. The third kappa shape index (κ3) is 6.59. The van der Waals surface area contributed by atoms with E-state index < -0.39 is 0 Å². The van der Waals surface area contributed by atoms with Gasteiger partial charge in [0.15, 0.2) is 5.11 Å². The lowest BCUT2D eigenvalue weighted by atomic mass is 10.1. The molecule has 0 heterocycles. The predicted molar refractivity (Wildman–Crippen MR) is 106 cm³/mol. The van der Waals surface area contributed by atoms with Gasteiger partial charge >= 0.3 is 0 Å². The zero-order chi connectivity index (χ0) is 17.4. The molecule has 2 rings (SSSR count). The molecule has 24 heavy (non-hydrogen) atoms. The summed E-state index contributed by atoms with van der Waals surface area (Å²) < 4.78 is 5.64. The Morgan fingerprint density at radius 3 is 2.29 bits per heavy atom. The fourth-order valence-corrected chi connectivity index (χ4v) is 2.70. The molecule has 0 saturated carbocycles. The monoisotopic (exact) mass is 342 g/mol. The fraction of sp³-hybridized carbons (Fsp3) is 0.350. The quantitative estimate of drug-likeness (QED) is 0.709. The molecule has 0 aromatic heterocycles. The molecule has 0 saturated heterocycles. The molecule has 2 aromatic rings. The van der Waals surface area contributed by atoms with E-state index in [9.17, 15) is 0 Å². The van der Waals surface area contributed by atoms with E-state index in [0.717, 1.165) is 24.3 Å². The molecule has 1 unspecified atom stereocenters. The van der Waals surface area contributed by atoms with Crippen LogP contribution in [0.15, 0.2) is 54.6 Å². The third-order valence-corrected chi connectivity index (χ3v) is 3.79. The van der Waals surface area contributed by atoms with Gasteiger partial charge in [0.25, 0.3) is 0 Å². The molecule has 0 radical (unpaired) electrons. The molecule has 0 spiro atoms. The van der Waals surface area contributed by atoms with Crippen molar-refractivity contribution < 1.29 is 4.74 Å². The number of nitrogens with one attached hydrogen (secondary N) is 2. The average molecular weight is 343 g/mol. The minimum atomic E-state index is 0.178. The van der Waals surface area contributed by atoms with Gasteiger partial charge in [-0.3, -0.25) is 0 Å². The highest BCUT2D eigenvalue weighted by Gasteiger charge is 2.05. The van der Waals surface area contributed by atoms with Crippen LogP contribution in [0.3, 0.4) is 0 Å². The van der Waals surface area contributed by atoms with Crippen molar-refractivity contribution in [2.24, 2.45) is 0 Å². The van der Waals surface area contributed by atoms with Gasteiger partial charge < -0.3 is 15.4 Å². The molecule has 0 fully saturated rings. The Balaban J connectivity index is 1.75. The van der Waals surface area contributed by atoms with Crippen LogP contribution in [-0.2, 0) is 6.42 Å². The van der Waals surface area contributed by atoms with Crippen molar-refractivity contribution in [2.45, 2.75) is 45.8 Å². The van der Waals surface area contributed by atoms with Crippen molar-refractivity contribution in [1.29, 1.82) is 0 Å². The summed E-state index contributed by atoms with van der Waals surface area (Å²) in [6.45, 7) is 6.18. The second-order valence-electron chi connectivity index (χ2n) is 6.21. The Kier molecular flexibility index (Phi) is 7.07. The molecule has 1 atom stereocenters. The van der Waals surface area contributed by atoms with Gasteiger partial charge in [-0.1, -0.05) is 30.3 Å². The smallest absolute Gasteiger partial charge is 0.170 e. The number of anilines is 1. The van der Waals surface area contributed by atoms with Crippen LogP contribution in [0.5, 0.6) is 5.75 Å². The molecule has 0 aliphatic rings. The van der Waals surface area contributed by atoms with Crippen LogP contribution in [0.2, 0.25) is 0 Å². The summed E-state index contributed by atoms with van der Waals surface area (Å²) in [6, 6.07) is 18.7. The summed E-state index contributed by atoms with van der Waals surface area (Å²) in [5.74, 6) is 0.866. The first kappa shape index (κ1) is 18.3. The van der Waals surface area contributed by atoms with Crippen LogP contribution < -0.4 is 15.4 Å². The number of rotatable bonds is 7. The van der Waals surface area contributed by atoms with E-state index in [1.54, 1.807) is 0 Å². The van der Waals surface area contributed by atoms with E-state index in [-0.39, 0.29) is 6.10 Å². The second kappa shape index (κ2) is 9.28. The van der Waals surface area contributed by atoms with Crippen molar-refractivity contribution in [2.75, 3.05) is 5.32 Å². The normalized spacial score (nSPS) is 11.8. The molecule has 0 aliphatic carbocycles. The Labute approximate surface area is 150 Å². The lowest BCUT2D eigenvalue weighted by Gasteiger charge is -2.17. The average Bonchev–Trinajstić information content (AvgIpc) is 2.55. The minimum absolute atomic E-state index is 0.178. The number of benzene rings is 2. The molecular formula is C20H26N2OS. The SMILES string of the molecule is CC(CCc1ccccc1)NC(=S)Nc1ccc(OC(C)C)cc1. The molecule has 0 amide bonds. The first-order valence-electron chi connectivity index (χ1n) is 8.41. The Hall–Kier alpha value is -2.07. The van der Waals surface area contributed by atoms with Crippen molar-refractivity contribution in [1.82, 2.24) is 5.32 Å². The van der Waals surface area contributed by atoms with Crippen molar-refractivity contribution in [3.63, 3.8) is 0 Å². The van der Waals surface area contributed by atoms with Crippen LogP contribution in [0.1, 0.15) is 32.8 Å². The van der Waals surface area contributed by atoms with Crippen LogP contribution in [0.25, 0.3) is 0 Å². The zero-order valence-electron chi connectivity index (χ0n) is 14.6. The highest BCUT2D eigenvalue weighted by molar-refractivity contribution is 7.80. The lowest BCUT2D eigenvalue weighted by molar-refractivity contribution is 0.242. The van der Waals surface area contributed by atoms with Gasteiger partial charge in [-0.15, -0.1) is 0 Å². The van der Waals surface area contributed by atoms with Gasteiger partial charge in [-0.25, -0.2) is 0 Å². The van der Waals surface area contributed by atoms with E-state index in [1.165, 1.54) is 5.56 Å². The third-order valence-electron chi connectivity index (χ3n) is 3.57. The number of hydrogen-bond acceptors (Lipinski definition) is 2. The summed E-state index contributed by atoms with van der Waals surface area (Å²) >= 11 is 5.39. The molecule has 2 aromatic carbocycles. The van der Waals surface area contributed by atoms with Crippen molar-refractivity contribution in [3.8, 4) is 5.75 Å². The maximum absolute atomic E-state index is 5.64. The standard InChI is InChI=1S/C20H26N2OS/c1-15(2)23-19-13-11-18(12-14-19)22-20(24)21-16(3)9-10-17-7-5-4-6-8-17/h4-8,11-16H,9-10H2,1-3H3,(H2,21,22,24). The van der Waals surface area contributed by atoms with Gasteiger partial charge in [0.1, 0.15) is 5.75 Å². The van der Waals surface area contributed by atoms with Crippen LogP contribution in [-0.4, -0.2) is 17.3 Å². The van der Waals surface area contributed by atoms with E-state index >= 15 is 0 Å². The summed E-state index contributed by atoms with van der Waals surface area (Å²) in [6.07, 6.45) is 2.25. The summed E-state index contributed by atoms with van der Waals surface area (Å²) in [7, 11) is 0. The highest BCUT2D eigenvalue weighted by Crippen LogP contribution is 2.17. The van der Waals surface area contributed by atoms with Gasteiger partial charge in [-0.2, -0.15) is 0 Å². The Bertz CT molecular complexity index is 626. The molecule has 4 heteroatoms. The highest BCUT2D eigenvalue weighted by atomic mass is 32.1. The topological polar surface area (TPSA) is 33.3 Å². The molecule has 0 bridgehead atoms. The van der Waals surface area contributed by atoms with Gasteiger partial charge in [0, 0.05) is 11.7 Å². The Morgan fingerprint density at radius 2 is 1.67 bits per heavy atom. The van der Waals surface area contributed by atoms with Crippen molar-refractivity contribution in [3.05, 3.63) is 60.2 Å². The van der Waals surface area contributed by atoms with Crippen molar-refractivity contribution >= 4 is 23.0 Å². The van der Waals surface area contributed by atoms with E-state index in [1.807, 2.05) is 44.2 Å². The predicted octanol–water partition coefficient (Wildman–Crippen LogP) is 4.78. The number of thiocarbonyl (C=S) groups is 1. The maximum atomic E-state index is 5.64. The summed E-state index contributed by atoms with van der Waals surface area (Å²) in [5.41, 5.74) is 2.31. The molecule has 3 nitrogen and oxygen atoms in total. The first-order chi connectivity index (χ1) is 11.5. The fourth-order valence-electron chi connectivity index (χ4n) is 2.38. The molecule has 2 N–H and O–H groups in total. The lowest BCUT2D eigenvalue weighted by Crippen LogP contribution is -2.36. The van der Waals surface area contributed by atoms with Gasteiger partial charge in [-0.05, 0) is 75.7 Å². The number of ether oxygens (including phenoxy) is 1. The molecule has 0 aliphatic heterocycles. The molecular weight excluding hydrogens is 316 g/mol. The Morgan fingerprint density at radius 1 is 1.00 bits per heavy atom. The van der Waals surface area contributed by atoms with E-state index in [2.05, 4.69) is 41.8 Å². The van der Waals surface area contributed by atoms with Crippen LogP contribution in [0, 0.1) is 0 Å². The van der Waals surface area contributed by atoms with Crippen LogP contribution >= 0.6 is 12.2 Å². The zero-order valence-corrected chi connectivity index (χ0v) is 15.4. The second-order valence-corrected chi connectivity index (χ2v) is 6.62. The maximum Gasteiger partial charge on any atom is 0.170 e. The summed E-state index contributed by atoms with van der Waals surface area (Å²) in [4.78, 5) is 0. The number of aryl methyl sites for hydroxylation is 1.